The second-order valence-corrected chi connectivity index (χ2v) is 2.32. The molecular weight excluding hydrogens is 156 g/mol. The number of nitrogens with zero attached hydrogens (tertiary/aromatic N) is 3. The number of aromatic nitrogens is 4. The Morgan fingerprint density at radius 2 is 2.42 bits per heavy atom. The first-order valence-corrected chi connectivity index (χ1v) is 3.45. The van der Waals surface area contributed by atoms with Crippen molar-refractivity contribution in [1.29, 1.82) is 0 Å². The molecule has 0 radical (unpaired) electrons. The van der Waals surface area contributed by atoms with Gasteiger partial charge < -0.3 is 11.1 Å². The van der Waals surface area contributed by atoms with E-state index in [1.54, 1.807) is 13.2 Å². The van der Waals surface area contributed by atoms with Crippen LogP contribution in [0.5, 0.6) is 0 Å². The van der Waals surface area contributed by atoms with Gasteiger partial charge in [0.05, 0.1) is 5.39 Å². The first-order chi connectivity index (χ1) is 5.81. The predicted molar refractivity (Wildman–Crippen MR) is 45.6 cm³/mol. The van der Waals surface area contributed by atoms with Crippen molar-refractivity contribution < 1.29 is 0 Å². The van der Waals surface area contributed by atoms with Crippen LogP contribution in [0.2, 0.25) is 0 Å². The molecule has 0 saturated carbocycles. The summed E-state index contributed by atoms with van der Waals surface area (Å²) in [7, 11) is 1.75. The minimum atomic E-state index is 0.493. The molecule has 2 aromatic rings. The number of rotatable bonds is 1. The van der Waals surface area contributed by atoms with Gasteiger partial charge in [-0.25, -0.2) is 4.98 Å². The van der Waals surface area contributed by atoms with Gasteiger partial charge in [-0.2, -0.15) is 10.1 Å². The summed E-state index contributed by atoms with van der Waals surface area (Å²) in [5, 5.41) is 10.1. The molecule has 12 heavy (non-hydrogen) atoms. The molecule has 0 fully saturated rings. The zero-order valence-electron chi connectivity index (χ0n) is 6.50. The van der Waals surface area contributed by atoms with Crippen LogP contribution < -0.4 is 11.1 Å². The fourth-order valence-corrected chi connectivity index (χ4v) is 0.942. The quantitative estimate of drug-likeness (QED) is 0.550. The Balaban J connectivity index is 2.69. The largest absolute Gasteiger partial charge is 0.383 e. The van der Waals surface area contributed by atoms with E-state index in [4.69, 9.17) is 5.73 Å². The van der Waals surface area contributed by atoms with Gasteiger partial charge in [-0.3, -0.25) is 5.10 Å². The summed E-state index contributed by atoms with van der Waals surface area (Å²) in [5.41, 5.74) is 6.13. The van der Waals surface area contributed by atoms with Gasteiger partial charge in [0.25, 0.3) is 0 Å². The zero-order chi connectivity index (χ0) is 8.55. The van der Waals surface area contributed by atoms with E-state index in [2.05, 4.69) is 25.5 Å². The molecule has 4 N–H and O–H groups in total. The number of hydrogen-bond donors (Lipinski definition) is 3. The van der Waals surface area contributed by atoms with Gasteiger partial charge >= 0.3 is 0 Å². The van der Waals surface area contributed by atoms with E-state index in [1.807, 2.05) is 0 Å². The molecule has 0 saturated heterocycles. The molecule has 2 heterocycles. The van der Waals surface area contributed by atoms with Crippen LogP contribution in [0, 0.1) is 0 Å². The minimum absolute atomic E-state index is 0.493. The molecule has 0 aliphatic heterocycles. The lowest BCUT2D eigenvalue weighted by molar-refractivity contribution is 1.09. The van der Waals surface area contributed by atoms with Crippen molar-refractivity contribution in [2.75, 3.05) is 18.1 Å². The number of nitrogen functional groups attached to an aromatic ring is 1. The standard InChI is InChI=1S/C6H8N6/c1-8-6-9-2-3-4(7)11-12-5(3)10-6/h2H,1H3,(H4,7,8,9,10,11,12). The SMILES string of the molecule is CNc1ncc2c(N)[nH]nc2n1. The highest BCUT2D eigenvalue weighted by molar-refractivity contribution is 5.85. The number of H-pyrrole nitrogens is 1. The average molecular weight is 164 g/mol. The molecule has 6 heteroatoms. The van der Waals surface area contributed by atoms with Crippen LogP contribution in [0.15, 0.2) is 6.20 Å². The van der Waals surface area contributed by atoms with E-state index in [9.17, 15) is 0 Å². The Bertz CT molecular complexity index is 405. The number of aromatic amines is 1. The van der Waals surface area contributed by atoms with Crippen molar-refractivity contribution in [1.82, 2.24) is 20.2 Å². The van der Waals surface area contributed by atoms with E-state index in [0.29, 0.717) is 17.4 Å². The third kappa shape index (κ3) is 0.849. The summed E-state index contributed by atoms with van der Waals surface area (Å²) in [4.78, 5) is 8.07. The van der Waals surface area contributed by atoms with Gasteiger partial charge in [-0.05, 0) is 0 Å². The molecule has 0 aromatic carbocycles. The Labute approximate surface area is 68.2 Å². The monoisotopic (exact) mass is 164 g/mol. The number of nitrogens with one attached hydrogen (secondary N) is 2. The summed E-state index contributed by atoms with van der Waals surface area (Å²) in [6.45, 7) is 0. The molecule has 0 bridgehead atoms. The Morgan fingerprint density at radius 3 is 3.17 bits per heavy atom. The lowest BCUT2D eigenvalue weighted by atomic mass is 10.4. The van der Waals surface area contributed by atoms with Gasteiger partial charge in [-0.15, -0.1) is 0 Å². The van der Waals surface area contributed by atoms with Gasteiger partial charge in [0.15, 0.2) is 5.65 Å². The summed E-state index contributed by atoms with van der Waals surface area (Å²) in [6.07, 6.45) is 1.63. The van der Waals surface area contributed by atoms with Crippen molar-refractivity contribution in [3.8, 4) is 0 Å². The topological polar surface area (TPSA) is 92.5 Å². The highest BCUT2D eigenvalue weighted by Crippen LogP contribution is 2.14. The van der Waals surface area contributed by atoms with E-state index in [-0.39, 0.29) is 0 Å². The Hall–Kier alpha value is -1.85. The van der Waals surface area contributed by atoms with Crippen molar-refractivity contribution in [2.45, 2.75) is 0 Å². The van der Waals surface area contributed by atoms with Crippen molar-refractivity contribution in [3.05, 3.63) is 6.20 Å². The Kier molecular flexibility index (Phi) is 1.33. The lowest BCUT2D eigenvalue weighted by Gasteiger charge is -1.94. The number of anilines is 2. The van der Waals surface area contributed by atoms with Gasteiger partial charge in [-0.1, -0.05) is 0 Å². The van der Waals surface area contributed by atoms with Crippen LogP contribution in [0.4, 0.5) is 11.8 Å². The maximum Gasteiger partial charge on any atom is 0.224 e. The fraction of sp³-hybridized carbons (Fsp3) is 0.167. The summed E-state index contributed by atoms with van der Waals surface area (Å²) >= 11 is 0. The molecule has 0 aliphatic carbocycles. The zero-order valence-corrected chi connectivity index (χ0v) is 6.50. The molecule has 0 atom stereocenters. The molecule has 6 nitrogen and oxygen atoms in total. The van der Waals surface area contributed by atoms with Gasteiger partial charge in [0.2, 0.25) is 5.95 Å². The van der Waals surface area contributed by atoms with Crippen LogP contribution >= 0.6 is 0 Å². The molecule has 0 spiro atoms. The van der Waals surface area contributed by atoms with Crippen molar-refractivity contribution in [3.63, 3.8) is 0 Å². The highest BCUT2D eigenvalue weighted by atomic mass is 15.2. The van der Waals surface area contributed by atoms with Gasteiger partial charge in [0.1, 0.15) is 5.82 Å². The highest BCUT2D eigenvalue weighted by Gasteiger charge is 2.03. The molecular formula is C6H8N6. The summed E-state index contributed by atoms with van der Waals surface area (Å²) in [5.74, 6) is 1.03. The normalized spacial score (nSPS) is 10.4. The first kappa shape index (κ1) is 6.84. The van der Waals surface area contributed by atoms with Crippen LogP contribution in [0.25, 0.3) is 11.0 Å². The van der Waals surface area contributed by atoms with Crippen LogP contribution in [0.3, 0.4) is 0 Å². The predicted octanol–water partition coefficient (Wildman–Crippen LogP) is -0.0232. The van der Waals surface area contributed by atoms with Crippen LogP contribution in [0.1, 0.15) is 0 Å². The smallest absolute Gasteiger partial charge is 0.224 e. The second kappa shape index (κ2) is 2.33. The third-order valence-corrected chi connectivity index (χ3v) is 1.56. The summed E-state index contributed by atoms with van der Waals surface area (Å²) < 4.78 is 0. The van der Waals surface area contributed by atoms with Crippen LogP contribution in [-0.4, -0.2) is 27.2 Å². The molecule has 0 amide bonds. The second-order valence-electron chi connectivity index (χ2n) is 2.32. The average Bonchev–Trinajstić information content (AvgIpc) is 2.47. The molecule has 0 aliphatic rings. The number of nitrogens with two attached hydrogens (primary N) is 1. The van der Waals surface area contributed by atoms with E-state index in [1.165, 1.54) is 0 Å². The Morgan fingerprint density at radius 1 is 1.58 bits per heavy atom. The lowest BCUT2D eigenvalue weighted by Crippen LogP contribution is -1.95. The van der Waals surface area contributed by atoms with E-state index < -0.39 is 0 Å². The van der Waals surface area contributed by atoms with Crippen molar-refractivity contribution in [2.24, 2.45) is 0 Å². The van der Waals surface area contributed by atoms with E-state index >= 15 is 0 Å². The van der Waals surface area contributed by atoms with Crippen molar-refractivity contribution >= 4 is 22.8 Å². The molecule has 2 aromatic heterocycles. The van der Waals surface area contributed by atoms with Gasteiger partial charge in [0, 0.05) is 13.2 Å². The van der Waals surface area contributed by atoms with Crippen LogP contribution in [-0.2, 0) is 0 Å². The minimum Gasteiger partial charge on any atom is -0.383 e. The molecule has 2 rings (SSSR count). The first-order valence-electron chi connectivity index (χ1n) is 3.45. The number of hydrogen-bond acceptors (Lipinski definition) is 5. The summed E-state index contributed by atoms with van der Waals surface area (Å²) in [6, 6.07) is 0. The maximum atomic E-state index is 5.55. The molecule has 62 valence electrons. The fourth-order valence-electron chi connectivity index (χ4n) is 0.942. The third-order valence-electron chi connectivity index (χ3n) is 1.56. The number of fused-ring (bicyclic) bond motifs is 1. The molecule has 0 unspecified atom stereocenters. The maximum absolute atomic E-state index is 5.55. The van der Waals surface area contributed by atoms with E-state index in [0.717, 1.165) is 5.39 Å².